The fraction of sp³-hybridized carbons (Fsp3) is 0.462. The molecule has 1 aromatic carbocycles. The van der Waals surface area contributed by atoms with Crippen LogP contribution in [0.1, 0.15) is 23.2 Å². The second-order valence-corrected chi connectivity index (χ2v) is 6.02. The van der Waals surface area contributed by atoms with Crippen molar-refractivity contribution in [2.24, 2.45) is 5.92 Å². The summed E-state index contributed by atoms with van der Waals surface area (Å²) in [7, 11) is 0. The van der Waals surface area contributed by atoms with Gasteiger partial charge in [-0.15, -0.1) is 0 Å². The Hall–Kier alpha value is -0.940. The minimum Gasteiger partial charge on any atom is -0.386 e. The molecule has 1 heterocycles. The van der Waals surface area contributed by atoms with E-state index in [2.05, 4.69) is 15.9 Å². The summed E-state index contributed by atoms with van der Waals surface area (Å²) in [5, 5.41) is 10.2. The molecule has 3 nitrogen and oxygen atoms in total. The number of hydrogen-bond acceptors (Lipinski definition) is 2. The Labute approximate surface area is 113 Å². The lowest BCUT2D eigenvalue weighted by Crippen LogP contribution is -2.64. The number of benzene rings is 1. The fourth-order valence-corrected chi connectivity index (χ4v) is 2.83. The summed E-state index contributed by atoms with van der Waals surface area (Å²) in [4.78, 5) is 13.7. The van der Waals surface area contributed by atoms with E-state index in [1.807, 2.05) is 0 Å². The Bertz CT molecular complexity index is 510. The van der Waals surface area contributed by atoms with Crippen LogP contribution in [0.5, 0.6) is 0 Å². The van der Waals surface area contributed by atoms with Gasteiger partial charge in [0, 0.05) is 5.56 Å². The number of carbonyl (C=O) groups excluding carboxylic acids is 1. The van der Waals surface area contributed by atoms with Gasteiger partial charge in [0.2, 0.25) is 0 Å². The molecule has 2 fully saturated rings. The quantitative estimate of drug-likeness (QED) is 0.909. The Morgan fingerprint density at radius 3 is 2.67 bits per heavy atom. The van der Waals surface area contributed by atoms with Crippen molar-refractivity contribution >= 4 is 21.8 Å². The van der Waals surface area contributed by atoms with Crippen LogP contribution in [-0.2, 0) is 0 Å². The number of β-amino-alcohol motifs (C(OH)–C–C–N with tert-alkyl or cyclic N) is 1. The van der Waals surface area contributed by atoms with Gasteiger partial charge in [-0.3, -0.25) is 4.79 Å². The number of aliphatic hydroxyl groups is 1. The molecule has 1 aliphatic carbocycles. The molecular weight excluding hydrogens is 301 g/mol. The highest BCUT2D eigenvalue weighted by molar-refractivity contribution is 9.10. The molecule has 2 aliphatic rings. The van der Waals surface area contributed by atoms with Crippen LogP contribution in [0.3, 0.4) is 0 Å². The molecule has 1 amide bonds. The van der Waals surface area contributed by atoms with E-state index in [0.29, 0.717) is 24.6 Å². The zero-order valence-corrected chi connectivity index (χ0v) is 11.3. The van der Waals surface area contributed by atoms with Gasteiger partial charge in [-0.1, -0.05) is 0 Å². The molecule has 0 bridgehead atoms. The average molecular weight is 314 g/mol. The molecule has 0 aromatic heterocycles. The molecule has 0 spiro atoms. The minimum atomic E-state index is -0.674. The molecule has 0 radical (unpaired) electrons. The topological polar surface area (TPSA) is 40.5 Å². The molecule has 96 valence electrons. The van der Waals surface area contributed by atoms with Crippen molar-refractivity contribution in [3.8, 4) is 0 Å². The third-order valence-electron chi connectivity index (χ3n) is 3.72. The molecule has 1 aliphatic heterocycles. The molecule has 1 saturated carbocycles. The highest BCUT2D eigenvalue weighted by Crippen LogP contribution is 2.44. The van der Waals surface area contributed by atoms with Crippen molar-refractivity contribution in [2.45, 2.75) is 18.4 Å². The average Bonchev–Trinajstić information content (AvgIpc) is 3.12. The Balaban J connectivity index is 1.70. The number of nitrogens with zero attached hydrogens (tertiary/aromatic N) is 1. The van der Waals surface area contributed by atoms with Crippen LogP contribution in [-0.4, -0.2) is 34.6 Å². The van der Waals surface area contributed by atoms with Crippen molar-refractivity contribution < 1.29 is 14.3 Å². The van der Waals surface area contributed by atoms with E-state index in [0.717, 1.165) is 12.8 Å². The van der Waals surface area contributed by atoms with Crippen LogP contribution in [0, 0.1) is 11.7 Å². The number of amides is 1. The van der Waals surface area contributed by atoms with E-state index < -0.39 is 5.60 Å². The summed E-state index contributed by atoms with van der Waals surface area (Å²) < 4.78 is 13.4. The third kappa shape index (κ3) is 1.95. The summed E-state index contributed by atoms with van der Waals surface area (Å²) in [6.07, 6.45) is 2.11. The number of likely N-dealkylation sites (tertiary alicyclic amines) is 1. The molecule has 1 N–H and O–H groups in total. The van der Waals surface area contributed by atoms with E-state index in [4.69, 9.17) is 0 Å². The third-order valence-corrected chi connectivity index (χ3v) is 4.33. The highest BCUT2D eigenvalue weighted by atomic mass is 79.9. The van der Waals surface area contributed by atoms with E-state index in [1.165, 1.54) is 18.2 Å². The lowest BCUT2D eigenvalue weighted by molar-refractivity contribution is -0.0958. The molecule has 0 unspecified atom stereocenters. The Morgan fingerprint density at radius 2 is 2.11 bits per heavy atom. The smallest absolute Gasteiger partial charge is 0.254 e. The predicted molar refractivity (Wildman–Crippen MR) is 67.7 cm³/mol. The molecule has 0 atom stereocenters. The van der Waals surface area contributed by atoms with Gasteiger partial charge in [0.1, 0.15) is 11.4 Å². The van der Waals surface area contributed by atoms with Crippen molar-refractivity contribution in [1.82, 2.24) is 4.90 Å². The van der Waals surface area contributed by atoms with E-state index in [1.54, 1.807) is 4.90 Å². The summed E-state index contributed by atoms with van der Waals surface area (Å²) in [6.45, 7) is 0.789. The van der Waals surface area contributed by atoms with Crippen molar-refractivity contribution in [2.75, 3.05) is 13.1 Å². The lowest BCUT2D eigenvalue weighted by atomic mass is 9.88. The maximum Gasteiger partial charge on any atom is 0.254 e. The van der Waals surface area contributed by atoms with E-state index in [9.17, 15) is 14.3 Å². The predicted octanol–water partition coefficient (Wildman–Crippen LogP) is 2.19. The summed E-state index contributed by atoms with van der Waals surface area (Å²) in [5.41, 5.74) is -0.228. The van der Waals surface area contributed by atoms with Gasteiger partial charge in [0.15, 0.2) is 0 Å². The van der Waals surface area contributed by atoms with Gasteiger partial charge in [-0.2, -0.15) is 0 Å². The molecule has 1 aromatic rings. The number of rotatable bonds is 2. The molecular formula is C13H13BrFNO2. The normalized spacial score (nSPS) is 21.6. The zero-order chi connectivity index (χ0) is 12.9. The molecule has 18 heavy (non-hydrogen) atoms. The van der Waals surface area contributed by atoms with Crippen LogP contribution in [0.15, 0.2) is 22.7 Å². The van der Waals surface area contributed by atoms with Crippen molar-refractivity contribution in [3.63, 3.8) is 0 Å². The van der Waals surface area contributed by atoms with E-state index >= 15 is 0 Å². The van der Waals surface area contributed by atoms with Gasteiger partial charge >= 0.3 is 0 Å². The summed E-state index contributed by atoms with van der Waals surface area (Å²) in [6, 6.07) is 4.22. The van der Waals surface area contributed by atoms with Gasteiger partial charge in [-0.25, -0.2) is 4.39 Å². The van der Waals surface area contributed by atoms with Crippen LogP contribution in [0.25, 0.3) is 0 Å². The summed E-state index contributed by atoms with van der Waals surface area (Å²) in [5.74, 6) is -0.174. The van der Waals surface area contributed by atoms with Crippen molar-refractivity contribution in [3.05, 3.63) is 34.1 Å². The maximum absolute atomic E-state index is 13.1. The Morgan fingerprint density at radius 1 is 1.44 bits per heavy atom. The standard InChI is InChI=1S/C13H13BrFNO2/c14-10-5-8(1-4-11(10)15)12(17)16-6-13(18,7-16)9-2-3-9/h1,4-5,9,18H,2-3,6-7H2. The second kappa shape index (κ2) is 4.03. The Kier molecular flexibility index (Phi) is 2.71. The number of halogens is 2. The van der Waals surface area contributed by atoms with Gasteiger partial charge in [0.05, 0.1) is 17.6 Å². The van der Waals surface area contributed by atoms with Crippen LogP contribution in [0.4, 0.5) is 4.39 Å². The number of carbonyl (C=O) groups is 1. The van der Waals surface area contributed by atoms with E-state index in [-0.39, 0.29) is 16.2 Å². The fourth-order valence-electron chi connectivity index (χ4n) is 2.45. The molecule has 3 rings (SSSR count). The van der Waals surface area contributed by atoms with Crippen molar-refractivity contribution in [1.29, 1.82) is 0 Å². The zero-order valence-electron chi connectivity index (χ0n) is 9.70. The maximum atomic E-state index is 13.1. The number of hydrogen-bond donors (Lipinski definition) is 1. The van der Waals surface area contributed by atoms with Crippen LogP contribution >= 0.6 is 15.9 Å². The van der Waals surface area contributed by atoms with Crippen LogP contribution < -0.4 is 0 Å². The SMILES string of the molecule is O=C(c1ccc(F)c(Br)c1)N1CC(O)(C2CC2)C1. The lowest BCUT2D eigenvalue weighted by Gasteiger charge is -2.47. The molecule has 5 heteroatoms. The van der Waals surface area contributed by atoms with Gasteiger partial charge in [0.25, 0.3) is 5.91 Å². The summed E-state index contributed by atoms with van der Waals surface area (Å²) >= 11 is 3.06. The minimum absolute atomic E-state index is 0.152. The first-order chi connectivity index (χ1) is 8.49. The second-order valence-electron chi connectivity index (χ2n) is 5.17. The first-order valence-electron chi connectivity index (χ1n) is 5.96. The highest BCUT2D eigenvalue weighted by Gasteiger charge is 2.53. The first-order valence-corrected chi connectivity index (χ1v) is 6.76. The van der Waals surface area contributed by atoms with Crippen LogP contribution in [0.2, 0.25) is 0 Å². The largest absolute Gasteiger partial charge is 0.386 e. The first kappa shape index (κ1) is 12.1. The van der Waals surface area contributed by atoms with Gasteiger partial charge in [-0.05, 0) is 52.9 Å². The van der Waals surface area contributed by atoms with Gasteiger partial charge < -0.3 is 10.0 Å². The monoisotopic (exact) mass is 313 g/mol. The molecule has 1 saturated heterocycles.